The second kappa shape index (κ2) is 8.99. The maximum Gasteiger partial charge on any atom is 0.308 e. The molecule has 2 aromatic carbocycles. The third-order valence-corrected chi connectivity index (χ3v) is 4.92. The molecular formula is C20H23NO6S. The molecule has 0 fully saturated rings. The number of carbonyl (C=O) groups is 2. The highest BCUT2D eigenvalue weighted by Gasteiger charge is 2.27. The first-order valence-corrected chi connectivity index (χ1v) is 10.1. The lowest BCUT2D eigenvalue weighted by Crippen LogP contribution is -2.39. The first-order valence-electron chi connectivity index (χ1n) is 8.62. The Balaban J connectivity index is 2.19. The average molecular weight is 405 g/mol. The molecule has 0 saturated carbocycles. The molecule has 2 rings (SSSR count). The van der Waals surface area contributed by atoms with Gasteiger partial charge in [-0.2, -0.15) is 0 Å². The van der Waals surface area contributed by atoms with Crippen LogP contribution in [0, 0.1) is 0 Å². The topological polar surface area (TPSA) is 98.8 Å². The van der Waals surface area contributed by atoms with Crippen LogP contribution in [0.3, 0.4) is 0 Å². The molecule has 2 aromatic rings. The van der Waals surface area contributed by atoms with Crippen molar-refractivity contribution in [2.75, 3.05) is 0 Å². The molecule has 0 heterocycles. The first kappa shape index (κ1) is 21.6. The number of rotatable bonds is 8. The fraction of sp³-hybridized carbons (Fsp3) is 0.300. The van der Waals surface area contributed by atoms with E-state index in [0.29, 0.717) is 12.0 Å². The lowest BCUT2D eigenvalue weighted by molar-refractivity contribution is -0.155. The number of hydrogen-bond donors (Lipinski definition) is 1. The van der Waals surface area contributed by atoms with Gasteiger partial charge in [-0.1, -0.05) is 30.3 Å². The van der Waals surface area contributed by atoms with Crippen LogP contribution >= 0.6 is 0 Å². The minimum absolute atomic E-state index is 0.100. The largest absolute Gasteiger partial charge is 0.460 e. The molecule has 0 saturated heterocycles. The zero-order valence-electron chi connectivity index (χ0n) is 15.9. The molecule has 0 spiro atoms. The third-order valence-electron chi connectivity index (χ3n) is 3.39. The summed E-state index contributed by atoms with van der Waals surface area (Å²) in [6.07, 6.45) is -0.0517. The summed E-state index contributed by atoms with van der Waals surface area (Å²) in [6, 6.07) is 13.5. The number of aldehydes is 1. The van der Waals surface area contributed by atoms with Gasteiger partial charge in [0, 0.05) is 0 Å². The Morgan fingerprint density at radius 1 is 1.07 bits per heavy atom. The van der Waals surface area contributed by atoms with Gasteiger partial charge in [-0.15, -0.1) is 0 Å². The van der Waals surface area contributed by atoms with E-state index < -0.39 is 34.1 Å². The third kappa shape index (κ3) is 6.47. The highest BCUT2D eigenvalue weighted by Crippen LogP contribution is 2.28. The number of para-hydroxylation sites is 2. The standard InChI is InChI=1S/C20H23NO6S/c1-20(2,3)27-19(23)13-15(14-22)21-28(24,25)18-12-8-7-11-17(18)26-16-9-5-4-6-10-16/h4-12,14-15,21H,13H2,1-3H3/t15-/m0/s1. The summed E-state index contributed by atoms with van der Waals surface area (Å²) in [7, 11) is -4.13. The number of sulfonamides is 1. The number of carbonyl (C=O) groups excluding carboxylic acids is 2. The number of esters is 1. The Kier molecular flexibility index (Phi) is 6.93. The quantitative estimate of drug-likeness (QED) is 0.535. The van der Waals surface area contributed by atoms with Crippen molar-refractivity contribution in [3.63, 3.8) is 0 Å². The van der Waals surface area contributed by atoms with Crippen molar-refractivity contribution in [3.8, 4) is 11.5 Å². The smallest absolute Gasteiger partial charge is 0.308 e. The number of ether oxygens (including phenoxy) is 2. The zero-order valence-corrected chi connectivity index (χ0v) is 16.7. The van der Waals surface area contributed by atoms with E-state index in [1.165, 1.54) is 18.2 Å². The predicted octanol–water partition coefficient (Wildman–Crippen LogP) is 3.06. The highest BCUT2D eigenvalue weighted by molar-refractivity contribution is 7.89. The molecule has 0 unspecified atom stereocenters. The first-order chi connectivity index (χ1) is 13.1. The molecule has 7 nitrogen and oxygen atoms in total. The van der Waals surface area contributed by atoms with Crippen LogP contribution in [0.4, 0.5) is 0 Å². The summed E-state index contributed by atoms with van der Waals surface area (Å²) in [5.74, 6) is -0.116. The van der Waals surface area contributed by atoms with Gasteiger partial charge in [0.1, 0.15) is 28.3 Å². The van der Waals surface area contributed by atoms with Gasteiger partial charge < -0.3 is 14.3 Å². The minimum Gasteiger partial charge on any atom is -0.460 e. The second-order valence-electron chi connectivity index (χ2n) is 7.02. The molecule has 0 aliphatic carbocycles. The van der Waals surface area contributed by atoms with Crippen molar-refractivity contribution in [3.05, 3.63) is 54.6 Å². The van der Waals surface area contributed by atoms with Crippen LogP contribution in [0.5, 0.6) is 11.5 Å². The Hall–Kier alpha value is -2.71. The molecule has 28 heavy (non-hydrogen) atoms. The fourth-order valence-corrected chi connectivity index (χ4v) is 3.61. The summed E-state index contributed by atoms with van der Waals surface area (Å²) in [5, 5.41) is 0. The lowest BCUT2D eigenvalue weighted by atomic mass is 10.2. The molecule has 0 aliphatic heterocycles. The molecule has 0 aliphatic rings. The van der Waals surface area contributed by atoms with Crippen LogP contribution in [0.15, 0.2) is 59.5 Å². The molecule has 0 amide bonds. The summed E-state index contributed by atoms with van der Waals surface area (Å²) < 4.78 is 38.6. The van der Waals surface area contributed by atoms with Gasteiger partial charge in [-0.05, 0) is 45.0 Å². The zero-order chi connectivity index (χ0) is 20.8. The molecule has 1 N–H and O–H groups in total. The molecule has 8 heteroatoms. The monoisotopic (exact) mass is 405 g/mol. The van der Waals surface area contributed by atoms with E-state index in [2.05, 4.69) is 4.72 Å². The SMILES string of the molecule is CC(C)(C)OC(=O)C[C@@H](C=O)NS(=O)(=O)c1ccccc1Oc1ccccc1. The maximum atomic E-state index is 12.8. The van der Waals surface area contributed by atoms with Gasteiger partial charge in [0.2, 0.25) is 10.0 Å². The van der Waals surface area contributed by atoms with E-state index >= 15 is 0 Å². The number of nitrogens with one attached hydrogen (secondary N) is 1. The van der Waals surface area contributed by atoms with Gasteiger partial charge in [0.15, 0.2) is 0 Å². The van der Waals surface area contributed by atoms with E-state index in [4.69, 9.17) is 9.47 Å². The van der Waals surface area contributed by atoms with E-state index in [1.54, 1.807) is 51.1 Å². The molecule has 150 valence electrons. The summed E-state index contributed by atoms with van der Waals surface area (Å²) in [6.45, 7) is 5.05. The van der Waals surface area contributed by atoms with Crippen LogP contribution in [0.25, 0.3) is 0 Å². The predicted molar refractivity (Wildman–Crippen MR) is 104 cm³/mol. The van der Waals surface area contributed by atoms with Crippen LogP contribution < -0.4 is 9.46 Å². The van der Waals surface area contributed by atoms with E-state index in [-0.39, 0.29) is 10.6 Å². The van der Waals surface area contributed by atoms with Crippen molar-refractivity contribution in [1.29, 1.82) is 0 Å². The van der Waals surface area contributed by atoms with Crippen LogP contribution in [0.1, 0.15) is 27.2 Å². The number of hydrogen-bond acceptors (Lipinski definition) is 6. The Morgan fingerprint density at radius 3 is 2.29 bits per heavy atom. The second-order valence-corrected chi connectivity index (χ2v) is 8.70. The van der Waals surface area contributed by atoms with E-state index in [9.17, 15) is 18.0 Å². The molecule has 1 atom stereocenters. The van der Waals surface area contributed by atoms with Crippen molar-refractivity contribution in [2.45, 2.75) is 43.7 Å². The van der Waals surface area contributed by atoms with Crippen molar-refractivity contribution in [1.82, 2.24) is 4.72 Å². The molecule has 0 aromatic heterocycles. The van der Waals surface area contributed by atoms with E-state index in [1.807, 2.05) is 6.07 Å². The normalized spacial score (nSPS) is 12.8. The van der Waals surface area contributed by atoms with Gasteiger partial charge in [0.05, 0.1) is 12.5 Å². The maximum absolute atomic E-state index is 12.8. The summed E-state index contributed by atoms with van der Waals surface area (Å²) >= 11 is 0. The Bertz CT molecular complexity index is 919. The minimum atomic E-state index is -4.13. The molecular weight excluding hydrogens is 382 g/mol. The fourth-order valence-electron chi connectivity index (χ4n) is 2.32. The van der Waals surface area contributed by atoms with Gasteiger partial charge in [-0.25, -0.2) is 13.1 Å². The van der Waals surface area contributed by atoms with Gasteiger partial charge in [0.25, 0.3) is 0 Å². The van der Waals surface area contributed by atoms with E-state index in [0.717, 1.165) is 0 Å². The molecule has 0 bridgehead atoms. The van der Waals surface area contributed by atoms with Crippen molar-refractivity contribution in [2.24, 2.45) is 0 Å². The van der Waals surface area contributed by atoms with Crippen LogP contribution in [-0.2, 0) is 24.3 Å². The Labute approximate surface area is 164 Å². The van der Waals surface area contributed by atoms with Crippen LogP contribution in [-0.4, -0.2) is 32.3 Å². The average Bonchev–Trinajstić information content (AvgIpc) is 2.60. The lowest BCUT2D eigenvalue weighted by Gasteiger charge is -2.21. The van der Waals surface area contributed by atoms with Gasteiger partial charge in [-0.3, -0.25) is 4.79 Å². The Morgan fingerprint density at radius 2 is 1.68 bits per heavy atom. The van der Waals surface area contributed by atoms with Crippen molar-refractivity contribution >= 4 is 22.3 Å². The summed E-state index contributed by atoms with van der Waals surface area (Å²) in [5.41, 5.74) is -0.737. The number of benzene rings is 2. The highest BCUT2D eigenvalue weighted by atomic mass is 32.2. The molecule has 0 radical (unpaired) electrons. The van der Waals surface area contributed by atoms with Gasteiger partial charge >= 0.3 is 5.97 Å². The summed E-state index contributed by atoms with van der Waals surface area (Å²) in [4.78, 5) is 23.1. The van der Waals surface area contributed by atoms with Crippen LogP contribution in [0.2, 0.25) is 0 Å². The van der Waals surface area contributed by atoms with Crippen molar-refractivity contribution < 1.29 is 27.5 Å².